The Labute approximate surface area is 189 Å². The maximum Gasteiger partial charge on any atom is 0.242 e. The predicted molar refractivity (Wildman–Crippen MR) is 124 cm³/mol. The fraction of sp³-hybridized carbons (Fsp3) is 0.417. The smallest absolute Gasteiger partial charge is 0.242 e. The second-order valence-corrected chi connectivity index (χ2v) is 8.09. The summed E-state index contributed by atoms with van der Waals surface area (Å²) in [5.41, 5.74) is 1.75. The maximum absolute atomic E-state index is 13.2. The molecule has 0 aliphatic rings. The third-order valence-corrected chi connectivity index (χ3v) is 5.78. The number of benzene rings is 2. The van der Waals surface area contributed by atoms with E-state index in [9.17, 15) is 9.59 Å². The number of rotatable bonds is 11. The minimum absolute atomic E-state index is 0.0904. The first kappa shape index (κ1) is 24.2. The lowest BCUT2D eigenvalue weighted by molar-refractivity contribution is -0.141. The number of amides is 2. The average Bonchev–Trinajstić information content (AvgIpc) is 2.75. The summed E-state index contributed by atoms with van der Waals surface area (Å²) in [6.07, 6.45) is 3.33. The zero-order chi connectivity index (χ0) is 21.9. The molecule has 4 nitrogen and oxygen atoms in total. The van der Waals surface area contributed by atoms with Crippen LogP contribution in [-0.2, 0) is 22.6 Å². The molecule has 162 valence electrons. The van der Waals surface area contributed by atoms with E-state index in [1.165, 1.54) is 0 Å². The standard InChI is InChI=1S/C24H30Cl2N2O2/c1-3-5-16-27-24(30)22(4-2)28(17-19-20(25)12-9-13-21(19)26)23(29)15-14-18-10-7-6-8-11-18/h6-13,22H,3-5,14-17H2,1-2H3,(H,27,30)/t22-/m1/s1. The topological polar surface area (TPSA) is 49.4 Å². The molecule has 30 heavy (non-hydrogen) atoms. The van der Waals surface area contributed by atoms with Crippen LogP contribution >= 0.6 is 23.2 Å². The Balaban J connectivity index is 2.23. The van der Waals surface area contributed by atoms with Gasteiger partial charge in [0, 0.05) is 35.1 Å². The molecule has 0 fully saturated rings. The lowest BCUT2D eigenvalue weighted by atomic mass is 10.1. The molecule has 1 N–H and O–H groups in total. The maximum atomic E-state index is 13.2. The van der Waals surface area contributed by atoms with Gasteiger partial charge in [-0.1, -0.05) is 79.9 Å². The average molecular weight is 449 g/mol. The van der Waals surface area contributed by atoms with Crippen molar-refractivity contribution in [2.75, 3.05) is 6.54 Å². The highest BCUT2D eigenvalue weighted by Crippen LogP contribution is 2.27. The number of carbonyl (C=O) groups is 2. The number of unbranched alkanes of at least 4 members (excludes halogenated alkanes) is 1. The van der Waals surface area contributed by atoms with E-state index in [0.29, 0.717) is 41.4 Å². The summed E-state index contributed by atoms with van der Waals surface area (Å²) in [7, 11) is 0. The summed E-state index contributed by atoms with van der Waals surface area (Å²) >= 11 is 12.7. The molecule has 2 amide bonds. The van der Waals surface area contributed by atoms with Gasteiger partial charge < -0.3 is 10.2 Å². The second-order valence-electron chi connectivity index (χ2n) is 7.28. The van der Waals surface area contributed by atoms with Gasteiger partial charge in [0.25, 0.3) is 0 Å². The lowest BCUT2D eigenvalue weighted by Gasteiger charge is -2.31. The molecule has 0 aliphatic heterocycles. The molecular weight excluding hydrogens is 419 g/mol. The summed E-state index contributed by atoms with van der Waals surface area (Å²) < 4.78 is 0. The number of hydrogen-bond donors (Lipinski definition) is 1. The molecule has 0 bridgehead atoms. The Bertz CT molecular complexity index is 807. The van der Waals surface area contributed by atoms with Crippen molar-refractivity contribution in [3.8, 4) is 0 Å². The summed E-state index contributed by atoms with van der Waals surface area (Å²) in [5, 5.41) is 3.94. The van der Waals surface area contributed by atoms with Crippen molar-refractivity contribution < 1.29 is 9.59 Å². The van der Waals surface area contributed by atoms with Gasteiger partial charge in [0.1, 0.15) is 6.04 Å². The molecule has 0 radical (unpaired) electrons. The fourth-order valence-corrected chi connectivity index (χ4v) is 3.84. The molecule has 1 atom stereocenters. The van der Waals surface area contributed by atoms with Crippen molar-refractivity contribution in [2.24, 2.45) is 0 Å². The molecule has 2 rings (SSSR count). The molecule has 0 aliphatic carbocycles. The molecular formula is C24H30Cl2N2O2. The lowest BCUT2D eigenvalue weighted by Crippen LogP contribution is -2.49. The van der Waals surface area contributed by atoms with Crippen LogP contribution in [0.15, 0.2) is 48.5 Å². The third-order valence-electron chi connectivity index (χ3n) is 5.08. The number of nitrogens with one attached hydrogen (secondary N) is 1. The van der Waals surface area contributed by atoms with Crippen LogP contribution in [0.25, 0.3) is 0 Å². The van der Waals surface area contributed by atoms with Crippen LogP contribution in [-0.4, -0.2) is 29.3 Å². The molecule has 6 heteroatoms. The van der Waals surface area contributed by atoms with Gasteiger partial charge in [-0.15, -0.1) is 0 Å². The van der Waals surface area contributed by atoms with Crippen molar-refractivity contribution in [2.45, 2.75) is 58.5 Å². The zero-order valence-electron chi connectivity index (χ0n) is 17.7. The highest BCUT2D eigenvalue weighted by atomic mass is 35.5. The van der Waals surface area contributed by atoms with Crippen LogP contribution in [0.5, 0.6) is 0 Å². The van der Waals surface area contributed by atoms with Gasteiger partial charge in [0.2, 0.25) is 11.8 Å². The molecule has 0 spiro atoms. The Kier molecular flexibility index (Phi) is 10.2. The van der Waals surface area contributed by atoms with Gasteiger partial charge in [-0.2, -0.15) is 0 Å². The van der Waals surface area contributed by atoms with Gasteiger partial charge in [0.05, 0.1) is 0 Å². The number of aryl methyl sites for hydroxylation is 1. The van der Waals surface area contributed by atoms with Crippen LogP contribution in [0.2, 0.25) is 10.0 Å². The minimum atomic E-state index is -0.572. The Morgan fingerprint density at radius 3 is 2.27 bits per heavy atom. The number of hydrogen-bond acceptors (Lipinski definition) is 2. The zero-order valence-corrected chi connectivity index (χ0v) is 19.2. The first-order valence-corrected chi connectivity index (χ1v) is 11.3. The predicted octanol–water partition coefficient (Wildman–Crippen LogP) is 5.65. The Morgan fingerprint density at radius 2 is 1.67 bits per heavy atom. The van der Waals surface area contributed by atoms with Crippen LogP contribution in [0, 0.1) is 0 Å². The first-order valence-electron chi connectivity index (χ1n) is 10.5. The third kappa shape index (κ3) is 7.03. The molecule has 0 unspecified atom stereocenters. The number of carbonyl (C=O) groups excluding carboxylic acids is 2. The van der Waals surface area contributed by atoms with Crippen molar-refractivity contribution in [1.82, 2.24) is 10.2 Å². The largest absolute Gasteiger partial charge is 0.354 e. The molecule has 2 aromatic rings. The van der Waals surface area contributed by atoms with Crippen LogP contribution in [0.1, 0.15) is 50.7 Å². The number of halogens is 2. The molecule has 2 aromatic carbocycles. The Morgan fingerprint density at radius 1 is 1.00 bits per heavy atom. The molecule has 0 heterocycles. The SMILES string of the molecule is CCCCNC(=O)[C@@H](CC)N(Cc1c(Cl)cccc1Cl)C(=O)CCc1ccccc1. The molecule has 0 saturated carbocycles. The van der Waals surface area contributed by atoms with Crippen molar-refractivity contribution in [1.29, 1.82) is 0 Å². The highest BCUT2D eigenvalue weighted by molar-refractivity contribution is 6.36. The minimum Gasteiger partial charge on any atom is -0.354 e. The van der Waals surface area contributed by atoms with E-state index < -0.39 is 6.04 Å². The van der Waals surface area contributed by atoms with E-state index in [1.807, 2.05) is 37.3 Å². The van der Waals surface area contributed by atoms with E-state index in [1.54, 1.807) is 23.1 Å². The summed E-state index contributed by atoms with van der Waals surface area (Å²) in [6, 6.07) is 14.5. The monoisotopic (exact) mass is 448 g/mol. The first-order chi connectivity index (χ1) is 14.5. The van der Waals surface area contributed by atoms with E-state index in [2.05, 4.69) is 12.2 Å². The summed E-state index contributed by atoms with van der Waals surface area (Å²) in [6.45, 7) is 4.79. The van der Waals surface area contributed by atoms with Gasteiger partial charge in [-0.25, -0.2) is 0 Å². The van der Waals surface area contributed by atoms with Crippen LogP contribution in [0.3, 0.4) is 0 Å². The van der Waals surface area contributed by atoms with Gasteiger partial charge in [-0.3, -0.25) is 9.59 Å². The quantitative estimate of drug-likeness (QED) is 0.451. The van der Waals surface area contributed by atoms with E-state index in [0.717, 1.165) is 18.4 Å². The van der Waals surface area contributed by atoms with Crippen molar-refractivity contribution >= 4 is 35.0 Å². The van der Waals surface area contributed by atoms with Gasteiger partial charge >= 0.3 is 0 Å². The Hall–Kier alpha value is -2.04. The molecule has 0 saturated heterocycles. The van der Waals surface area contributed by atoms with Gasteiger partial charge in [0.15, 0.2) is 0 Å². The van der Waals surface area contributed by atoms with Crippen LogP contribution < -0.4 is 5.32 Å². The van der Waals surface area contributed by atoms with E-state index >= 15 is 0 Å². The molecule has 0 aromatic heterocycles. The fourth-order valence-electron chi connectivity index (χ4n) is 3.32. The summed E-state index contributed by atoms with van der Waals surface area (Å²) in [5.74, 6) is -0.227. The van der Waals surface area contributed by atoms with Crippen LogP contribution in [0.4, 0.5) is 0 Å². The highest BCUT2D eigenvalue weighted by Gasteiger charge is 2.29. The second kappa shape index (κ2) is 12.6. The van der Waals surface area contributed by atoms with Gasteiger partial charge in [-0.05, 0) is 37.0 Å². The number of nitrogens with zero attached hydrogens (tertiary/aromatic N) is 1. The van der Waals surface area contributed by atoms with E-state index in [-0.39, 0.29) is 18.4 Å². The van der Waals surface area contributed by atoms with E-state index in [4.69, 9.17) is 23.2 Å². The normalized spacial score (nSPS) is 11.7. The van der Waals surface area contributed by atoms with Crippen molar-refractivity contribution in [3.63, 3.8) is 0 Å². The van der Waals surface area contributed by atoms with Crippen molar-refractivity contribution in [3.05, 3.63) is 69.7 Å². The summed E-state index contributed by atoms with van der Waals surface area (Å²) in [4.78, 5) is 27.7.